The Kier molecular flexibility index (Phi) is 8.35. The van der Waals surface area contributed by atoms with Crippen LogP contribution in [0.4, 0.5) is 11.5 Å². The molecule has 0 bridgehead atoms. The summed E-state index contributed by atoms with van der Waals surface area (Å²) >= 11 is 0. The van der Waals surface area contributed by atoms with E-state index in [4.69, 9.17) is 15.2 Å². The average molecular weight is 606 g/mol. The minimum Gasteiger partial charge on any atom is -0.493 e. The lowest BCUT2D eigenvalue weighted by molar-refractivity contribution is -0.113. The number of nitrogens with two attached hydrogens (primary N) is 1. The van der Waals surface area contributed by atoms with Crippen LogP contribution in [0.25, 0.3) is 22.5 Å². The van der Waals surface area contributed by atoms with Gasteiger partial charge in [-0.25, -0.2) is 19.3 Å². The van der Waals surface area contributed by atoms with Gasteiger partial charge in [0.1, 0.15) is 18.5 Å². The molecule has 2 N–H and O–H groups in total. The SMILES string of the molecule is COc1cc(-n2c(=O)n(-c3cccc(N(C)C(=O)/C=C/CN(C)C4CC4)c3)c3ncnc(N)c32)ccc1OCc1ccccc1. The van der Waals surface area contributed by atoms with Gasteiger partial charge in [0.05, 0.1) is 18.5 Å². The molecule has 2 heterocycles. The topological polar surface area (TPSA) is 121 Å². The van der Waals surface area contributed by atoms with Crippen molar-refractivity contribution in [3.05, 3.63) is 107 Å². The van der Waals surface area contributed by atoms with Crippen LogP contribution >= 0.6 is 0 Å². The van der Waals surface area contributed by atoms with Gasteiger partial charge in [0, 0.05) is 37.5 Å². The zero-order valence-corrected chi connectivity index (χ0v) is 25.5. The second-order valence-corrected chi connectivity index (χ2v) is 11.0. The minimum atomic E-state index is -0.411. The predicted octanol–water partition coefficient (Wildman–Crippen LogP) is 4.35. The molecule has 1 amide bonds. The number of hydrogen-bond donors (Lipinski definition) is 1. The molecule has 230 valence electrons. The number of nitrogens with zero attached hydrogens (tertiary/aromatic N) is 6. The number of methoxy groups -OCH3 is 1. The van der Waals surface area contributed by atoms with Crippen LogP contribution in [0.1, 0.15) is 18.4 Å². The molecule has 6 rings (SSSR count). The van der Waals surface area contributed by atoms with Gasteiger partial charge in [-0.2, -0.15) is 0 Å². The number of carbonyl (C=O) groups is 1. The maximum atomic E-state index is 14.2. The number of fused-ring (bicyclic) bond motifs is 1. The molecule has 5 aromatic rings. The van der Waals surface area contributed by atoms with E-state index in [1.807, 2.05) is 42.5 Å². The van der Waals surface area contributed by atoms with E-state index in [0.717, 1.165) is 5.56 Å². The van der Waals surface area contributed by atoms with Gasteiger partial charge < -0.3 is 20.1 Å². The lowest BCUT2D eigenvalue weighted by Crippen LogP contribution is -2.26. The first kappa shape index (κ1) is 29.6. The maximum Gasteiger partial charge on any atom is 0.339 e. The molecular formula is C34H35N7O4. The van der Waals surface area contributed by atoms with Crippen molar-refractivity contribution in [2.75, 3.05) is 38.4 Å². The number of hydrogen-bond acceptors (Lipinski definition) is 8. The van der Waals surface area contributed by atoms with Crippen molar-refractivity contribution >= 4 is 28.6 Å². The Labute approximate surface area is 260 Å². The first-order valence-electron chi connectivity index (χ1n) is 14.7. The molecule has 0 unspecified atom stereocenters. The van der Waals surface area contributed by atoms with Crippen molar-refractivity contribution in [1.82, 2.24) is 24.0 Å². The summed E-state index contributed by atoms with van der Waals surface area (Å²) < 4.78 is 14.6. The summed E-state index contributed by atoms with van der Waals surface area (Å²) in [4.78, 5) is 39.5. The van der Waals surface area contributed by atoms with Crippen molar-refractivity contribution in [1.29, 1.82) is 0 Å². The van der Waals surface area contributed by atoms with E-state index >= 15 is 0 Å². The minimum absolute atomic E-state index is 0.143. The third kappa shape index (κ3) is 6.16. The zero-order valence-electron chi connectivity index (χ0n) is 25.5. The molecule has 45 heavy (non-hydrogen) atoms. The molecule has 1 aliphatic rings. The number of aromatic nitrogens is 4. The molecule has 3 aromatic carbocycles. The Morgan fingerprint density at radius 2 is 1.76 bits per heavy atom. The standard InChI is InChI=1S/C34H35N7O4/c1-38(24-14-15-24)18-8-13-30(42)39(2)25-11-7-12-26(19-25)41-33-31(32(35)36-22-37-33)40(34(41)43)27-16-17-28(29(20-27)44-3)45-21-23-9-5-4-6-10-23/h4-13,16-17,19-20,22,24H,14-15,18,21H2,1-3H3,(H2,35,36,37)/b13-8+. The van der Waals surface area contributed by atoms with Gasteiger partial charge in [-0.1, -0.05) is 42.5 Å². The van der Waals surface area contributed by atoms with Crippen molar-refractivity contribution in [3.63, 3.8) is 0 Å². The van der Waals surface area contributed by atoms with E-state index in [9.17, 15) is 9.59 Å². The van der Waals surface area contributed by atoms with Crippen LogP contribution in [-0.4, -0.2) is 63.7 Å². The predicted molar refractivity (Wildman–Crippen MR) is 174 cm³/mol. The smallest absolute Gasteiger partial charge is 0.339 e. The van der Waals surface area contributed by atoms with E-state index in [1.54, 1.807) is 61.5 Å². The van der Waals surface area contributed by atoms with Crippen molar-refractivity contribution < 1.29 is 14.3 Å². The molecule has 0 aliphatic heterocycles. The van der Waals surface area contributed by atoms with E-state index in [2.05, 4.69) is 21.9 Å². The van der Waals surface area contributed by atoms with E-state index in [1.165, 1.54) is 28.3 Å². The number of anilines is 2. The fourth-order valence-corrected chi connectivity index (χ4v) is 5.23. The highest BCUT2D eigenvalue weighted by atomic mass is 16.5. The maximum absolute atomic E-state index is 14.2. The second-order valence-electron chi connectivity index (χ2n) is 11.0. The summed E-state index contributed by atoms with van der Waals surface area (Å²) in [7, 11) is 5.31. The van der Waals surface area contributed by atoms with Crippen LogP contribution in [0.2, 0.25) is 0 Å². The summed E-state index contributed by atoms with van der Waals surface area (Å²) in [6.07, 6.45) is 7.20. The molecule has 0 saturated heterocycles. The molecule has 2 aromatic heterocycles. The number of imidazole rings is 1. The average Bonchev–Trinajstić information content (AvgIpc) is 3.87. The molecule has 0 atom stereocenters. The Morgan fingerprint density at radius 3 is 2.51 bits per heavy atom. The highest BCUT2D eigenvalue weighted by Gasteiger charge is 2.25. The van der Waals surface area contributed by atoms with E-state index in [-0.39, 0.29) is 11.7 Å². The van der Waals surface area contributed by atoms with Crippen molar-refractivity contribution in [2.24, 2.45) is 0 Å². The summed E-state index contributed by atoms with van der Waals surface area (Å²) in [6, 6.07) is 22.8. The Balaban J connectivity index is 1.33. The van der Waals surface area contributed by atoms with Crippen molar-refractivity contribution in [3.8, 4) is 22.9 Å². The van der Waals surface area contributed by atoms with Crippen LogP contribution in [-0.2, 0) is 11.4 Å². The van der Waals surface area contributed by atoms with E-state index in [0.29, 0.717) is 58.9 Å². The lowest BCUT2D eigenvalue weighted by Gasteiger charge is -2.17. The van der Waals surface area contributed by atoms with Crippen LogP contribution in [0.3, 0.4) is 0 Å². The number of nitrogen functional groups attached to an aromatic ring is 1. The first-order chi connectivity index (χ1) is 21.9. The third-order valence-corrected chi connectivity index (χ3v) is 7.92. The second kappa shape index (κ2) is 12.7. The first-order valence-corrected chi connectivity index (χ1v) is 14.7. The third-order valence-electron chi connectivity index (χ3n) is 7.92. The molecule has 1 saturated carbocycles. The monoisotopic (exact) mass is 605 g/mol. The highest BCUT2D eigenvalue weighted by molar-refractivity contribution is 6.01. The van der Waals surface area contributed by atoms with E-state index < -0.39 is 5.69 Å². The number of ether oxygens (including phenoxy) is 2. The number of rotatable bonds is 11. The van der Waals surface area contributed by atoms with Gasteiger partial charge in [0.25, 0.3) is 0 Å². The van der Waals surface area contributed by atoms with Gasteiger partial charge >= 0.3 is 5.69 Å². The molecule has 1 fully saturated rings. The van der Waals surface area contributed by atoms with Crippen LogP contribution in [0, 0.1) is 0 Å². The molecular weight excluding hydrogens is 570 g/mol. The Bertz CT molecular complexity index is 1930. The fraction of sp³-hybridized carbons (Fsp3) is 0.235. The van der Waals surface area contributed by atoms with Gasteiger partial charge in [-0.15, -0.1) is 0 Å². The van der Waals surface area contributed by atoms with Crippen LogP contribution in [0.5, 0.6) is 11.5 Å². The van der Waals surface area contributed by atoms with Gasteiger partial charge in [0.15, 0.2) is 23.0 Å². The molecule has 11 heteroatoms. The summed E-state index contributed by atoms with van der Waals surface area (Å²) in [6.45, 7) is 1.07. The number of likely N-dealkylation sites (N-methyl/N-ethyl adjacent to an activating group) is 2. The van der Waals surface area contributed by atoms with Gasteiger partial charge in [0.2, 0.25) is 5.91 Å². The molecule has 0 spiro atoms. The molecule has 1 aliphatic carbocycles. The van der Waals surface area contributed by atoms with Gasteiger partial charge in [-0.3, -0.25) is 14.3 Å². The number of amides is 1. The lowest BCUT2D eigenvalue weighted by atomic mass is 10.2. The molecule has 0 radical (unpaired) electrons. The Morgan fingerprint density at radius 1 is 0.978 bits per heavy atom. The highest BCUT2D eigenvalue weighted by Crippen LogP contribution is 2.32. The summed E-state index contributed by atoms with van der Waals surface area (Å²) in [5.74, 6) is 0.952. The van der Waals surface area contributed by atoms with Crippen LogP contribution in [0.15, 0.2) is 96.1 Å². The van der Waals surface area contributed by atoms with Crippen molar-refractivity contribution in [2.45, 2.75) is 25.5 Å². The molecule has 11 nitrogen and oxygen atoms in total. The number of benzene rings is 3. The summed E-state index contributed by atoms with van der Waals surface area (Å²) in [5, 5.41) is 0. The number of carbonyl (C=O) groups excluding carboxylic acids is 1. The quantitative estimate of drug-likeness (QED) is 0.221. The largest absolute Gasteiger partial charge is 0.493 e. The summed E-state index contributed by atoms with van der Waals surface area (Å²) in [5.41, 5.74) is 9.24. The zero-order chi connectivity index (χ0) is 31.5. The normalized spacial score (nSPS) is 13.1. The Hall–Kier alpha value is -5.42. The van der Waals surface area contributed by atoms with Crippen LogP contribution < -0.4 is 25.8 Å². The van der Waals surface area contributed by atoms with Gasteiger partial charge in [-0.05, 0) is 55.8 Å². The fourth-order valence-electron chi connectivity index (χ4n) is 5.23.